The quantitative estimate of drug-likeness (QED) is 0.667. The van der Waals surface area contributed by atoms with Crippen LogP contribution in [-0.4, -0.2) is 5.91 Å². The number of aryl methyl sites for hydroxylation is 2. The third kappa shape index (κ3) is 3.31. The highest BCUT2D eigenvalue weighted by molar-refractivity contribution is 6.02. The van der Waals surface area contributed by atoms with Gasteiger partial charge >= 0.3 is 0 Å². The maximum Gasteiger partial charge on any atom is 0.248 e. The minimum atomic E-state index is -0.129. The Morgan fingerprint density at radius 2 is 1.95 bits per heavy atom. The van der Waals surface area contributed by atoms with Crippen molar-refractivity contribution in [1.29, 1.82) is 0 Å². The van der Waals surface area contributed by atoms with E-state index in [1.807, 2.05) is 30.3 Å². The maximum absolute atomic E-state index is 11.9. The lowest BCUT2D eigenvalue weighted by molar-refractivity contribution is -0.111. The van der Waals surface area contributed by atoms with Crippen molar-refractivity contribution in [3.63, 3.8) is 0 Å². The summed E-state index contributed by atoms with van der Waals surface area (Å²) in [5.41, 5.74) is 10.9. The van der Waals surface area contributed by atoms with Crippen LogP contribution >= 0.6 is 0 Å². The zero-order chi connectivity index (χ0) is 14.7. The van der Waals surface area contributed by atoms with Crippen LogP contribution in [0.2, 0.25) is 0 Å². The Hall–Kier alpha value is -2.55. The van der Waals surface area contributed by atoms with Crippen LogP contribution in [0, 0.1) is 0 Å². The predicted octanol–water partition coefficient (Wildman–Crippen LogP) is 3.41. The van der Waals surface area contributed by atoms with Crippen molar-refractivity contribution in [3.05, 3.63) is 65.2 Å². The second-order valence-electron chi connectivity index (χ2n) is 5.33. The lowest BCUT2D eigenvalue weighted by atomic mass is 10.1. The van der Waals surface area contributed by atoms with Crippen molar-refractivity contribution in [2.75, 3.05) is 11.1 Å². The summed E-state index contributed by atoms with van der Waals surface area (Å²) in [7, 11) is 0. The van der Waals surface area contributed by atoms with E-state index in [1.165, 1.54) is 23.6 Å². The molecule has 0 unspecified atom stereocenters. The zero-order valence-corrected chi connectivity index (χ0v) is 11.8. The molecule has 0 saturated carbocycles. The highest BCUT2D eigenvalue weighted by Crippen LogP contribution is 2.24. The Morgan fingerprint density at radius 3 is 2.81 bits per heavy atom. The molecule has 0 fully saturated rings. The number of carbonyl (C=O) groups is 1. The van der Waals surface area contributed by atoms with Crippen LogP contribution in [0.1, 0.15) is 23.1 Å². The standard InChI is InChI=1S/C18H18N2O/c19-16-6-1-3-13(11-16)7-10-18(21)20-17-9-8-14-4-2-5-15(14)12-17/h1,3,6-12H,2,4-5,19H2,(H,20,21)/b10-7+. The fourth-order valence-electron chi connectivity index (χ4n) is 2.67. The summed E-state index contributed by atoms with van der Waals surface area (Å²) in [6.45, 7) is 0. The van der Waals surface area contributed by atoms with Crippen LogP contribution < -0.4 is 11.1 Å². The minimum Gasteiger partial charge on any atom is -0.399 e. The van der Waals surface area contributed by atoms with Crippen molar-refractivity contribution >= 4 is 23.4 Å². The molecule has 2 aromatic carbocycles. The first kappa shape index (κ1) is 13.4. The van der Waals surface area contributed by atoms with Crippen LogP contribution in [0.4, 0.5) is 11.4 Å². The van der Waals surface area contributed by atoms with Gasteiger partial charge in [0.25, 0.3) is 0 Å². The third-order valence-electron chi connectivity index (χ3n) is 3.70. The number of hydrogen-bond acceptors (Lipinski definition) is 2. The van der Waals surface area contributed by atoms with Gasteiger partial charge in [0.15, 0.2) is 0 Å². The number of benzene rings is 2. The largest absolute Gasteiger partial charge is 0.399 e. The Morgan fingerprint density at radius 1 is 1.10 bits per heavy atom. The average molecular weight is 278 g/mol. The van der Waals surface area contributed by atoms with Crippen LogP contribution in [0.3, 0.4) is 0 Å². The molecular formula is C18H18N2O. The molecule has 106 valence electrons. The summed E-state index contributed by atoms with van der Waals surface area (Å²) in [6, 6.07) is 13.6. The highest BCUT2D eigenvalue weighted by atomic mass is 16.1. The van der Waals surface area contributed by atoms with Crippen molar-refractivity contribution in [1.82, 2.24) is 0 Å². The van der Waals surface area contributed by atoms with Gasteiger partial charge in [0.2, 0.25) is 5.91 Å². The van der Waals surface area contributed by atoms with E-state index in [4.69, 9.17) is 5.73 Å². The number of carbonyl (C=O) groups excluding carboxylic acids is 1. The molecule has 0 aliphatic heterocycles. The molecule has 2 aromatic rings. The van der Waals surface area contributed by atoms with Gasteiger partial charge in [-0.25, -0.2) is 0 Å². The van der Waals surface area contributed by atoms with Gasteiger partial charge in [-0.3, -0.25) is 4.79 Å². The zero-order valence-electron chi connectivity index (χ0n) is 11.8. The van der Waals surface area contributed by atoms with Gasteiger partial charge in [-0.15, -0.1) is 0 Å². The molecule has 1 aliphatic rings. The SMILES string of the molecule is Nc1cccc(/C=C/C(=O)Nc2ccc3c(c2)CCC3)c1. The van der Waals surface area contributed by atoms with Gasteiger partial charge in [-0.05, 0) is 66.3 Å². The van der Waals surface area contributed by atoms with Gasteiger partial charge in [-0.1, -0.05) is 18.2 Å². The van der Waals surface area contributed by atoms with Gasteiger partial charge in [0, 0.05) is 17.5 Å². The van der Waals surface area contributed by atoms with Crippen LogP contribution in [0.25, 0.3) is 6.08 Å². The van der Waals surface area contributed by atoms with Gasteiger partial charge < -0.3 is 11.1 Å². The summed E-state index contributed by atoms with van der Waals surface area (Å²) < 4.78 is 0. The number of amides is 1. The van der Waals surface area contributed by atoms with E-state index in [9.17, 15) is 4.79 Å². The average Bonchev–Trinajstić information content (AvgIpc) is 2.93. The monoisotopic (exact) mass is 278 g/mol. The van der Waals surface area contributed by atoms with Crippen LogP contribution in [-0.2, 0) is 17.6 Å². The highest BCUT2D eigenvalue weighted by Gasteiger charge is 2.11. The van der Waals surface area contributed by atoms with Gasteiger partial charge in [0.1, 0.15) is 0 Å². The number of anilines is 2. The summed E-state index contributed by atoms with van der Waals surface area (Å²) in [4.78, 5) is 11.9. The Bertz CT molecular complexity index is 704. The Balaban J connectivity index is 1.66. The molecule has 3 heteroatoms. The fourth-order valence-corrected chi connectivity index (χ4v) is 2.67. The number of rotatable bonds is 3. The molecule has 0 heterocycles. The van der Waals surface area contributed by atoms with Crippen molar-refractivity contribution in [3.8, 4) is 0 Å². The molecule has 3 nitrogen and oxygen atoms in total. The molecule has 1 amide bonds. The molecule has 0 aromatic heterocycles. The van der Waals surface area contributed by atoms with Crippen molar-refractivity contribution < 1.29 is 4.79 Å². The number of hydrogen-bond donors (Lipinski definition) is 2. The molecule has 3 N–H and O–H groups in total. The summed E-state index contributed by atoms with van der Waals surface area (Å²) in [5.74, 6) is -0.129. The number of nitrogens with two attached hydrogens (primary N) is 1. The van der Waals surface area contributed by atoms with E-state index < -0.39 is 0 Å². The smallest absolute Gasteiger partial charge is 0.248 e. The Kier molecular flexibility index (Phi) is 3.73. The van der Waals surface area contributed by atoms with Gasteiger partial charge in [0.05, 0.1) is 0 Å². The first-order valence-corrected chi connectivity index (χ1v) is 7.17. The van der Waals surface area contributed by atoms with E-state index in [-0.39, 0.29) is 5.91 Å². The fraction of sp³-hybridized carbons (Fsp3) is 0.167. The molecule has 0 bridgehead atoms. The van der Waals surface area contributed by atoms with Gasteiger partial charge in [-0.2, -0.15) is 0 Å². The predicted molar refractivity (Wildman–Crippen MR) is 87.0 cm³/mol. The molecular weight excluding hydrogens is 260 g/mol. The molecule has 3 rings (SSSR count). The van der Waals surface area contributed by atoms with Crippen LogP contribution in [0.15, 0.2) is 48.5 Å². The lowest BCUT2D eigenvalue weighted by Crippen LogP contribution is -2.08. The second-order valence-corrected chi connectivity index (χ2v) is 5.33. The Labute approximate surface area is 124 Å². The topological polar surface area (TPSA) is 55.1 Å². The molecule has 0 spiro atoms. The lowest BCUT2D eigenvalue weighted by Gasteiger charge is -2.05. The minimum absolute atomic E-state index is 0.129. The molecule has 21 heavy (non-hydrogen) atoms. The maximum atomic E-state index is 11.9. The van der Waals surface area contributed by atoms with E-state index in [1.54, 1.807) is 6.08 Å². The molecule has 0 radical (unpaired) electrons. The third-order valence-corrected chi connectivity index (χ3v) is 3.70. The van der Waals surface area contributed by atoms with Crippen LogP contribution in [0.5, 0.6) is 0 Å². The number of fused-ring (bicyclic) bond motifs is 1. The second kappa shape index (κ2) is 5.83. The number of nitrogen functional groups attached to an aromatic ring is 1. The van der Waals surface area contributed by atoms with Crippen molar-refractivity contribution in [2.45, 2.75) is 19.3 Å². The number of nitrogens with one attached hydrogen (secondary N) is 1. The first-order valence-electron chi connectivity index (χ1n) is 7.17. The van der Waals surface area contributed by atoms with Crippen molar-refractivity contribution in [2.24, 2.45) is 0 Å². The van der Waals surface area contributed by atoms with E-state index in [0.29, 0.717) is 5.69 Å². The van der Waals surface area contributed by atoms with E-state index in [0.717, 1.165) is 24.1 Å². The molecule has 1 aliphatic carbocycles. The van der Waals surface area contributed by atoms with E-state index in [2.05, 4.69) is 17.4 Å². The summed E-state index contributed by atoms with van der Waals surface area (Å²) >= 11 is 0. The molecule has 0 saturated heterocycles. The van der Waals surface area contributed by atoms with E-state index >= 15 is 0 Å². The first-order chi connectivity index (χ1) is 10.2. The normalized spacial score (nSPS) is 13.3. The summed E-state index contributed by atoms with van der Waals surface area (Å²) in [5, 5.41) is 2.90. The summed E-state index contributed by atoms with van der Waals surface area (Å²) in [6.07, 6.45) is 6.76. The molecule has 0 atom stereocenters.